The number of urea groups is 1. The fraction of sp³-hybridized carbons (Fsp3) is 0.500. The van der Waals surface area contributed by atoms with Crippen molar-refractivity contribution in [3.63, 3.8) is 0 Å². The first kappa shape index (κ1) is 11.0. The molecule has 1 aromatic rings. The van der Waals surface area contributed by atoms with Crippen molar-refractivity contribution in [2.75, 3.05) is 6.54 Å². The topological polar surface area (TPSA) is 41.1 Å². The van der Waals surface area contributed by atoms with Crippen molar-refractivity contribution in [3.05, 3.63) is 21.9 Å². The summed E-state index contributed by atoms with van der Waals surface area (Å²) in [6.45, 7) is 5.43. The molecule has 3 nitrogen and oxygen atoms in total. The maximum Gasteiger partial charge on any atom is 0.315 e. The first-order valence-corrected chi connectivity index (χ1v) is 5.71. The molecule has 2 N–H and O–H groups in total. The lowest BCUT2D eigenvalue weighted by Gasteiger charge is -2.05. The van der Waals surface area contributed by atoms with Crippen LogP contribution in [0.1, 0.15) is 24.5 Å². The number of thiophene rings is 1. The Bertz CT molecular complexity index is 296. The van der Waals surface area contributed by atoms with E-state index < -0.39 is 0 Å². The first-order valence-electron chi connectivity index (χ1n) is 4.77. The van der Waals surface area contributed by atoms with Gasteiger partial charge in [0.05, 0.1) is 0 Å². The number of rotatable bonds is 4. The highest BCUT2D eigenvalue weighted by molar-refractivity contribution is 7.08. The van der Waals surface area contributed by atoms with Crippen LogP contribution in [0.3, 0.4) is 0 Å². The largest absolute Gasteiger partial charge is 0.338 e. The predicted octanol–water partition coefficient (Wildman–Crippen LogP) is 2.27. The fourth-order valence-electron chi connectivity index (χ4n) is 1.04. The molecule has 1 aromatic heterocycles. The average Bonchev–Trinajstić information content (AvgIpc) is 2.58. The molecular weight excluding hydrogens is 196 g/mol. The smallest absolute Gasteiger partial charge is 0.315 e. The third-order valence-corrected chi connectivity index (χ3v) is 2.85. The Morgan fingerprint density at radius 3 is 2.79 bits per heavy atom. The second-order valence-corrected chi connectivity index (χ2v) is 3.93. The van der Waals surface area contributed by atoms with Gasteiger partial charge in [0.15, 0.2) is 0 Å². The summed E-state index contributed by atoms with van der Waals surface area (Å²) in [7, 11) is 0. The van der Waals surface area contributed by atoms with Crippen molar-refractivity contribution in [3.8, 4) is 0 Å². The van der Waals surface area contributed by atoms with Gasteiger partial charge in [0, 0.05) is 13.1 Å². The summed E-state index contributed by atoms with van der Waals surface area (Å²) in [5, 5.41) is 9.73. The summed E-state index contributed by atoms with van der Waals surface area (Å²) in [6, 6.07) is -0.0857. The van der Waals surface area contributed by atoms with Crippen LogP contribution in [0.4, 0.5) is 4.79 Å². The highest BCUT2D eigenvalue weighted by Crippen LogP contribution is 2.12. The maximum absolute atomic E-state index is 11.2. The van der Waals surface area contributed by atoms with E-state index in [1.54, 1.807) is 11.3 Å². The average molecular weight is 212 g/mol. The van der Waals surface area contributed by atoms with Gasteiger partial charge < -0.3 is 10.6 Å². The quantitative estimate of drug-likeness (QED) is 0.789. The normalized spacial score (nSPS) is 9.86. The first-order chi connectivity index (χ1) is 6.74. The van der Waals surface area contributed by atoms with Crippen LogP contribution in [0.15, 0.2) is 10.8 Å². The fourth-order valence-corrected chi connectivity index (χ4v) is 1.90. The summed E-state index contributed by atoms with van der Waals surface area (Å²) in [5.74, 6) is 0. The zero-order chi connectivity index (χ0) is 10.4. The molecule has 0 bridgehead atoms. The number of aryl methyl sites for hydroxylation is 1. The molecule has 0 spiro atoms. The van der Waals surface area contributed by atoms with Gasteiger partial charge in [-0.25, -0.2) is 4.79 Å². The van der Waals surface area contributed by atoms with Crippen LogP contribution in [0.25, 0.3) is 0 Å². The van der Waals surface area contributed by atoms with E-state index in [1.165, 1.54) is 11.1 Å². The van der Waals surface area contributed by atoms with Crippen LogP contribution < -0.4 is 10.6 Å². The molecule has 0 aliphatic heterocycles. The molecule has 0 aliphatic rings. The number of hydrogen-bond acceptors (Lipinski definition) is 2. The van der Waals surface area contributed by atoms with Crippen molar-refractivity contribution < 1.29 is 4.79 Å². The van der Waals surface area contributed by atoms with Gasteiger partial charge in [0.1, 0.15) is 0 Å². The van der Waals surface area contributed by atoms with Crippen LogP contribution in [-0.2, 0) is 6.54 Å². The van der Waals surface area contributed by atoms with Gasteiger partial charge in [-0.15, -0.1) is 0 Å². The monoisotopic (exact) mass is 212 g/mol. The highest BCUT2D eigenvalue weighted by Gasteiger charge is 2.01. The zero-order valence-corrected chi connectivity index (χ0v) is 9.41. The predicted molar refractivity (Wildman–Crippen MR) is 59.6 cm³/mol. The molecule has 14 heavy (non-hydrogen) atoms. The van der Waals surface area contributed by atoms with Crippen LogP contribution >= 0.6 is 11.3 Å². The van der Waals surface area contributed by atoms with E-state index in [9.17, 15) is 4.79 Å². The van der Waals surface area contributed by atoms with Crippen molar-refractivity contribution in [2.24, 2.45) is 0 Å². The molecular formula is C10H16N2OS. The molecule has 0 saturated heterocycles. The molecule has 2 amide bonds. The molecule has 0 aliphatic carbocycles. The van der Waals surface area contributed by atoms with E-state index in [4.69, 9.17) is 0 Å². The molecule has 4 heteroatoms. The zero-order valence-electron chi connectivity index (χ0n) is 8.59. The molecule has 0 radical (unpaired) electrons. The van der Waals surface area contributed by atoms with Gasteiger partial charge in [-0.05, 0) is 35.2 Å². The summed E-state index contributed by atoms with van der Waals surface area (Å²) in [4.78, 5) is 11.2. The highest BCUT2D eigenvalue weighted by atomic mass is 32.1. The van der Waals surface area contributed by atoms with E-state index in [2.05, 4.69) is 28.3 Å². The van der Waals surface area contributed by atoms with Gasteiger partial charge in [0.25, 0.3) is 0 Å². The Balaban J connectivity index is 2.27. The molecule has 1 heterocycles. The summed E-state index contributed by atoms with van der Waals surface area (Å²) < 4.78 is 0. The van der Waals surface area contributed by atoms with E-state index in [0.717, 1.165) is 13.0 Å². The lowest BCUT2D eigenvalue weighted by Crippen LogP contribution is -2.35. The van der Waals surface area contributed by atoms with Gasteiger partial charge in [-0.2, -0.15) is 11.3 Å². The Morgan fingerprint density at radius 2 is 2.21 bits per heavy atom. The minimum absolute atomic E-state index is 0.0857. The third kappa shape index (κ3) is 3.38. The Labute approximate surface area is 88.5 Å². The van der Waals surface area contributed by atoms with Crippen LogP contribution in [0, 0.1) is 6.92 Å². The lowest BCUT2D eigenvalue weighted by molar-refractivity contribution is 0.240. The molecule has 0 atom stereocenters. The minimum Gasteiger partial charge on any atom is -0.338 e. The second kappa shape index (κ2) is 5.65. The molecule has 0 saturated carbocycles. The Morgan fingerprint density at radius 1 is 1.43 bits per heavy atom. The van der Waals surface area contributed by atoms with Crippen LogP contribution in [0.2, 0.25) is 0 Å². The molecule has 0 fully saturated rings. The van der Waals surface area contributed by atoms with E-state index in [1.807, 2.05) is 6.92 Å². The van der Waals surface area contributed by atoms with Crippen molar-refractivity contribution >= 4 is 17.4 Å². The Kier molecular flexibility index (Phi) is 4.46. The standard InChI is InChI=1S/C10H16N2OS/c1-3-4-11-10(13)12-5-9-7-14-6-8(9)2/h6-7H,3-5H2,1-2H3,(H2,11,12,13). The minimum atomic E-state index is -0.0857. The van der Waals surface area contributed by atoms with Gasteiger partial charge in [-0.1, -0.05) is 6.92 Å². The molecule has 1 rings (SSSR count). The van der Waals surface area contributed by atoms with E-state index >= 15 is 0 Å². The lowest BCUT2D eigenvalue weighted by atomic mass is 10.2. The Hall–Kier alpha value is -1.03. The number of amides is 2. The van der Waals surface area contributed by atoms with E-state index in [-0.39, 0.29) is 6.03 Å². The summed E-state index contributed by atoms with van der Waals surface area (Å²) in [5.41, 5.74) is 2.44. The number of carbonyl (C=O) groups is 1. The number of carbonyl (C=O) groups excluding carboxylic acids is 1. The van der Waals surface area contributed by atoms with Crippen molar-refractivity contribution in [2.45, 2.75) is 26.8 Å². The van der Waals surface area contributed by atoms with Crippen LogP contribution in [0.5, 0.6) is 0 Å². The van der Waals surface area contributed by atoms with E-state index in [0.29, 0.717) is 6.54 Å². The summed E-state index contributed by atoms with van der Waals surface area (Å²) >= 11 is 1.66. The van der Waals surface area contributed by atoms with Gasteiger partial charge in [0.2, 0.25) is 0 Å². The molecule has 78 valence electrons. The molecule has 0 unspecified atom stereocenters. The summed E-state index contributed by atoms with van der Waals surface area (Å²) in [6.07, 6.45) is 0.963. The van der Waals surface area contributed by atoms with Crippen molar-refractivity contribution in [1.82, 2.24) is 10.6 Å². The number of nitrogens with one attached hydrogen (secondary N) is 2. The van der Waals surface area contributed by atoms with Gasteiger partial charge >= 0.3 is 6.03 Å². The number of hydrogen-bond donors (Lipinski definition) is 2. The SMILES string of the molecule is CCCNC(=O)NCc1cscc1C. The molecule has 0 aromatic carbocycles. The second-order valence-electron chi connectivity index (χ2n) is 3.19. The van der Waals surface area contributed by atoms with Crippen molar-refractivity contribution in [1.29, 1.82) is 0 Å². The van der Waals surface area contributed by atoms with Crippen LogP contribution in [-0.4, -0.2) is 12.6 Å². The van der Waals surface area contributed by atoms with Gasteiger partial charge in [-0.3, -0.25) is 0 Å². The maximum atomic E-state index is 11.2. The third-order valence-electron chi connectivity index (χ3n) is 1.94.